The molecule has 0 aliphatic heterocycles. The third kappa shape index (κ3) is 5.35. The van der Waals surface area contributed by atoms with Gasteiger partial charge in [-0.05, 0) is 65.3 Å². The molecule has 0 aliphatic rings. The second kappa shape index (κ2) is 8.31. The van der Waals surface area contributed by atoms with Crippen molar-refractivity contribution in [3.8, 4) is 0 Å². The number of nitrogens with zero attached hydrogens (tertiary/aromatic N) is 2. The Morgan fingerprint density at radius 2 is 1.75 bits per heavy atom. The van der Waals surface area contributed by atoms with Crippen LogP contribution in [0.5, 0.6) is 0 Å². The van der Waals surface area contributed by atoms with E-state index in [9.17, 15) is 4.79 Å². The van der Waals surface area contributed by atoms with Gasteiger partial charge in [0.2, 0.25) is 5.91 Å². The van der Waals surface area contributed by atoms with Crippen molar-refractivity contribution in [2.24, 2.45) is 0 Å². The molecule has 0 bridgehead atoms. The van der Waals surface area contributed by atoms with Gasteiger partial charge in [-0.1, -0.05) is 18.2 Å². The molecule has 5 heteroatoms. The van der Waals surface area contributed by atoms with E-state index in [0.717, 1.165) is 22.3 Å². The van der Waals surface area contributed by atoms with Gasteiger partial charge >= 0.3 is 0 Å². The van der Waals surface area contributed by atoms with Crippen LogP contribution in [0.4, 0.5) is 11.4 Å². The average molecular weight is 390 g/mol. The van der Waals surface area contributed by atoms with Gasteiger partial charge in [-0.2, -0.15) is 0 Å². The van der Waals surface area contributed by atoms with Crippen LogP contribution in [0.2, 0.25) is 0 Å². The highest BCUT2D eigenvalue weighted by atomic mass is 79.9. The Balaban J connectivity index is 1.89. The Bertz CT molecular complexity index is 698. The molecule has 2 aromatic rings. The summed E-state index contributed by atoms with van der Waals surface area (Å²) in [7, 11) is 5.99. The van der Waals surface area contributed by atoms with Gasteiger partial charge in [-0.25, -0.2) is 0 Å². The van der Waals surface area contributed by atoms with Gasteiger partial charge in [0.05, 0.1) is 12.2 Å². The highest BCUT2D eigenvalue weighted by Crippen LogP contribution is 2.23. The number of nitrogens with one attached hydrogen (secondary N) is 1. The number of rotatable bonds is 6. The topological polar surface area (TPSA) is 35.6 Å². The molecule has 0 radical (unpaired) electrons. The predicted octanol–water partition coefficient (Wildman–Crippen LogP) is 3.89. The smallest absolute Gasteiger partial charge is 0.238 e. The van der Waals surface area contributed by atoms with Crippen molar-refractivity contribution in [1.29, 1.82) is 0 Å². The van der Waals surface area contributed by atoms with E-state index in [4.69, 9.17) is 0 Å². The molecule has 0 aliphatic carbocycles. The summed E-state index contributed by atoms with van der Waals surface area (Å²) < 4.78 is 0.901. The lowest BCUT2D eigenvalue weighted by molar-refractivity contribution is -0.117. The molecule has 0 saturated carbocycles. The van der Waals surface area contributed by atoms with Crippen LogP contribution in [0.3, 0.4) is 0 Å². The lowest BCUT2D eigenvalue weighted by Crippen LogP contribution is -2.29. The van der Waals surface area contributed by atoms with Gasteiger partial charge in [-0.15, -0.1) is 0 Å². The van der Waals surface area contributed by atoms with E-state index in [-0.39, 0.29) is 5.91 Å². The number of carbonyl (C=O) groups excluding carboxylic acids is 1. The number of halogens is 1. The fourth-order valence-corrected chi connectivity index (χ4v) is 3.02. The van der Waals surface area contributed by atoms with Crippen LogP contribution in [-0.2, 0) is 11.3 Å². The minimum absolute atomic E-state index is 0.0213. The van der Waals surface area contributed by atoms with Crippen molar-refractivity contribution in [3.63, 3.8) is 0 Å². The van der Waals surface area contributed by atoms with E-state index >= 15 is 0 Å². The quantitative estimate of drug-likeness (QED) is 0.813. The third-order valence-corrected chi connectivity index (χ3v) is 4.37. The lowest BCUT2D eigenvalue weighted by Gasteiger charge is -2.18. The molecule has 4 nitrogen and oxygen atoms in total. The molecule has 0 saturated heterocycles. The number of likely N-dealkylation sites (N-methyl/N-ethyl adjacent to an activating group) is 1. The molecule has 1 amide bonds. The van der Waals surface area contributed by atoms with Crippen LogP contribution in [0.15, 0.2) is 46.9 Å². The van der Waals surface area contributed by atoms with Crippen LogP contribution in [0, 0.1) is 6.92 Å². The summed E-state index contributed by atoms with van der Waals surface area (Å²) in [6.45, 7) is 3.09. The monoisotopic (exact) mass is 389 g/mol. The molecule has 0 fully saturated rings. The Labute approximate surface area is 152 Å². The van der Waals surface area contributed by atoms with Gasteiger partial charge in [-0.3, -0.25) is 9.69 Å². The molecule has 0 unspecified atom stereocenters. The summed E-state index contributed by atoms with van der Waals surface area (Å²) >= 11 is 3.48. The average Bonchev–Trinajstić information content (AvgIpc) is 2.50. The van der Waals surface area contributed by atoms with E-state index in [0.29, 0.717) is 6.54 Å². The Kier molecular flexibility index (Phi) is 6.40. The Morgan fingerprint density at radius 3 is 2.33 bits per heavy atom. The second-order valence-electron chi connectivity index (χ2n) is 6.26. The van der Waals surface area contributed by atoms with Crippen LogP contribution in [0.1, 0.15) is 11.1 Å². The minimum atomic E-state index is -0.0213. The number of carbonyl (C=O) groups is 1. The lowest BCUT2D eigenvalue weighted by atomic mass is 10.2. The molecule has 2 rings (SSSR count). The molecule has 24 heavy (non-hydrogen) atoms. The summed E-state index contributed by atoms with van der Waals surface area (Å²) in [5, 5.41) is 2.94. The molecule has 128 valence electrons. The summed E-state index contributed by atoms with van der Waals surface area (Å²) in [4.78, 5) is 16.3. The van der Waals surface area contributed by atoms with E-state index in [1.165, 1.54) is 11.3 Å². The first-order chi connectivity index (χ1) is 11.3. The largest absolute Gasteiger partial charge is 0.378 e. The van der Waals surface area contributed by atoms with E-state index < -0.39 is 0 Å². The fourth-order valence-electron chi connectivity index (χ4n) is 2.42. The highest BCUT2D eigenvalue weighted by Gasteiger charge is 2.09. The molecule has 1 N–H and O–H groups in total. The molecule has 0 spiro atoms. The summed E-state index contributed by atoms with van der Waals surface area (Å²) in [5.74, 6) is -0.0213. The standard InChI is InChI=1S/C19H24BrN3O/c1-14-5-10-18(17(20)11-14)21-19(24)13-23(4)12-15-6-8-16(9-7-15)22(2)3/h5-11H,12-13H2,1-4H3,(H,21,24). The minimum Gasteiger partial charge on any atom is -0.378 e. The summed E-state index contributed by atoms with van der Waals surface area (Å²) in [6.07, 6.45) is 0. The predicted molar refractivity (Wildman–Crippen MR) is 105 cm³/mol. The second-order valence-corrected chi connectivity index (χ2v) is 7.12. The third-order valence-electron chi connectivity index (χ3n) is 3.72. The SMILES string of the molecule is Cc1ccc(NC(=O)CN(C)Cc2ccc(N(C)C)cc2)c(Br)c1. The maximum Gasteiger partial charge on any atom is 0.238 e. The maximum absolute atomic E-state index is 12.2. The number of anilines is 2. The highest BCUT2D eigenvalue weighted by molar-refractivity contribution is 9.10. The molecule has 0 atom stereocenters. The number of aryl methyl sites for hydroxylation is 1. The zero-order chi connectivity index (χ0) is 17.7. The normalized spacial score (nSPS) is 10.8. The first-order valence-corrected chi connectivity index (χ1v) is 8.65. The van der Waals surface area contributed by atoms with Gasteiger partial charge < -0.3 is 10.2 Å². The van der Waals surface area contributed by atoms with Crippen LogP contribution >= 0.6 is 15.9 Å². The van der Waals surface area contributed by atoms with E-state index in [1.807, 2.05) is 51.2 Å². The zero-order valence-corrected chi connectivity index (χ0v) is 16.2. The van der Waals surface area contributed by atoms with E-state index in [1.54, 1.807) is 0 Å². The van der Waals surface area contributed by atoms with E-state index in [2.05, 4.69) is 50.4 Å². The van der Waals surface area contributed by atoms with Gasteiger partial charge in [0.1, 0.15) is 0 Å². The Morgan fingerprint density at radius 1 is 1.08 bits per heavy atom. The van der Waals surface area contributed by atoms with Crippen molar-refractivity contribution in [3.05, 3.63) is 58.1 Å². The van der Waals surface area contributed by atoms with Crippen molar-refractivity contribution < 1.29 is 4.79 Å². The molecular formula is C19H24BrN3O. The van der Waals surface area contributed by atoms with Crippen molar-refractivity contribution >= 4 is 33.2 Å². The molecule has 0 heterocycles. The number of benzene rings is 2. The maximum atomic E-state index is 12.2. The van der Waals surface area contributed by atoms with Gasteiger partial charge in [0.15, 0.2) is 0 Å². The summed E-state index contributed by atoms with van der Waals surface area (Å²) in [6, 6.07) is 14.3. The number of hydrogen-bond acceptors (Lipinski definition) is 3. The molecule has 0 aromatic heterocycles. The van der Waals surface area contributed by atoms with Crippen molar-refractivity contribution in [2.75, 3.05) is 37.9 Å². The van der Waals surface area contributed by atoms with Gasteiger partial charge in [0.25, 0.3) is 0 Å². The first kappa shape index (κ1) is 18.5. The summed E-state index contributed by atoms with van der Waals surface area (Å²) in [5.41, 5.74) is 4.31. The fraction of sp³-hybridized carbons (Fsp3) is 0.316. The van der Waals surface area contributed by atoms with Crippen molar-refractivity contribution in [1.82, 2.24) is 4.90 Å². The van der Waals surface area contributed by atoms with Crippen LogP contribution < -0.4 is 10.2 Å². The number of amides is 1. The van der Waals surface area contributed by atoms with Gasteiger partial charge in [0, 0.05) is 30.8 Å². The Hall–Kier alpha value is -1.85. The number of hydrogen-bond donors (Lipinski definition) is 1. The first-order valence-electron chi connectivity index (χ1n) is 7.86. The molecule has 2 aromatic carbocycles. The van der Waals surface area contributed by atoms with Crippen LogP contribution in [-0.4, -0.2) is 38.5 Å². The molecular weight excluding hydrogens is 366 g/mol. The van der Waals surface area contributed by atoms with Crippen molar-refractivity contribution in [2.45, 2.75) is 13.5 Å². The zero-order valence-electron chi connectivity index (χ0n) is 14.6. The van der Waals surface area contributed by atoms with Crippen LogP contribution in [0.25, 0.3) is 0 Å².